The Bertz CT molecular complexity index is 25.2. The van der Waals surface area contributed by atoms with Crippen LogP contribution in [0.5, 0.6) is 0 Å². The van der Waals surface area contributed by atoms with Crippen LogP contribution in [-0.4, -0.2) is 26.1 Å². The second-order valence-corrected chi connectivity index (χ2v) is 2.23. The molecule has 0 spiro atoms. The molecule has 0 rings (SSSR count). The SMILES string of the molecule is O.O.[F][Ge]([F])([F])[F]. The first-order valence-electron chi connectivity index (χ1n) is 0.756. The van der Waals surface area contributed by atoms with Gasteiger partial charge in [0.1, 0.15) is 0 Å². The first-order chi connectivity index (χ1) is 2.00. The summed E-state index contributed by atoms with van der Waals surface area (Å²) in [7, 11) is 0. The monoisotopic (exact) mass is 186 g/mol. The van der Waals surface area contributed by atoms with E-state index in [1.54, 1.807) is 0 Å². The van der Waals surface area contributed by atoms with Crippen molar-refractivity contribution in [3.8, 4) is 0 Å². The van der Waals surface area contributed by atoms with Crippen molar-refractivity contribution in [1.29, 1.82) is 0 Å². The molecule has 0 aromatic rings. The van der Waals surface area contributed by atoms with Gasteiger partial charge in [-0.3, -0.25) is 0 Å². The Labute approximate surface area is 41.1 Å². The van der Waals surface area contributed by atoms with Crippen LogP contribution < -0.4 is 0 Å². The van der Waals surface area contributed by atoms with Crippen molar-refractivity contribution in [2.24, 2.45) is 0 Å². The first kappa shape index (κ1) is 15.7. The molecule has 0 heterocycles. The maximum absolute atomic E-state index is 9.88. The summed E-state index contributed by atoms with van der Waals surface area (Å²) >= 11 is -7.00. The topological polar surface area (TPSA) is 63.0 Å². The van der Waals surface area contributed by atoms with Crippen LogP contribution in [0.1, 0.15) is 0 Å². The molecule has 0 fully saturated rings. The molecule has 0 aliphatic carbocycles. The quantitative estimate of drug-likeness (QED) is 0.365. The van der Waals surface area contributed by atoms with E-state index >= 15 is 0 Å². The van der Waals surface area contributed by atoms with E-state index in [1.165, 1.54) is 0 Å². The summed E-state index contributed by atoms with van der Waals surface area (Å²) in [5.41, 5.74) is 0. The van der Waals surface area contributed by atoms with E-state index in [9.17, 15) is 14.0 Å². The van der Waals surface area contributed by atoms with E-state index in [0.717, 1.165) is 0 Å². The van der Waals surface area contributed by atoms with Crippen LogP contribution in [0.25, 0.3) is 0 Å². The van der Waals surface area contributed by atoms with Crippen LogP contribution in [0.4, 0.5) is 14.0 Å². The molecule has 0 aromatic carbocycles. The van der Waals surface area contributed by atoms with Crippen LogP contribution in [0.3, 0.4) is 0 Å². The third kappa shape index (κ3) is 3240. The number of halogens is 4. The molecule has 0 aromatic heterocycles. The summed E-state index contributed by atoms with van der Waals surface area (Å²) < 4.78 is 39.5. The van der Waals surface area contributed by atoms with E-state index in [-0.39, 0.29) is 11.0 Å². The molecule has 0 amide bonds. The fourth-order valence-electron chi connectivity index (χ4n) is 0. The third-order valence-corrected chi connectivity index (χ3v) is 0. The van der Waals surface area contributed by atoms with Gasteiger partial charge in [-0.1, -0.05) is 0 Å². The summed E-state index contributed by atoms with van der Waals surface area (Å²) in [6.07, 6.45) is 0. The van der Waals surface area contributed by atoms with Gasteiger partial charge in [0.15, 0.2) is 0 Å². The molecule has 0 aliphatic heterocycles. The molecule has 0 bridgehead atoms. The molecule has 48 valence electrons. The molecule has 0 saturated heterocycles. The minimum atomic E-state index is -7.00. The molecule has 0 radical (unpaired) electrons. The van der Waals surface area contributed by atoms with Gasteiger partial charge in [0, 0.05) is 0 Å². The average molecular weight is 185 g/mol. The molecule has 0 unspecified atom stereocenters. The Balaban J connectivity index is -0.0000000800. The van der Waals surface area contributed by atoms with Crippen molar-refractivity contribution >= 4 is 15.1 Å². The fraction of sp³-hybridized carbons (Fsp3) is 0. The molecule has 4 N–H and O–H groups in total. The summed E-state index contributed by atoms with van der Waals surface area (Å²) in [6.45, 7) is 0. The van der Waals surface area contributed by atoms with Crippen LogP contribution in [0.15, 0.2) is 0 Å². The van der Waals surface area contributed by atoms with Crippen LogP contribution >= 0.6 is 0 Å². The third-order valence-electron chi connectivity index (χ3n) is 0. The second kappa shape index (κ2) is 4.34. The summed E-state index contributed by atoms with van der Waals surface area (Å²) in [5, 5.41) is 0. The average Bonchev–Trinajstić information content (AvgIpc) is 0.722. The number of hydrogen-bond donors (Lipinski definition) is 0. The van der Waals surface area contributed by atoms with E-state index in [4.69, 9.17) is 0 Å². The Morgan fingerprint density at radius 2 is 0.714 bits per heavy atom. The molecular weight excluding hydrogens is 181 g/mol. The van der Waals surface area contributed by atoms with Crippen LogP contribution in [0.2, 0.25) is 0 Å². The molecule has 7 heavy (non-hydrogen) atoms. The minimum absolute atomic E-state index is 0. The molecular formula is H4F4GeO2. The van der Waals surface area contributed by atoms with E-state index in [0.29, 0.717) is 0 Å². The maximum atomic E-state index is 9.88. The van der Waals surface area contributed by atoms with Crippen molar-refractivity contribution in [3.63, 3.8) is 0 Å². The van der Waals surface area contributed by atoms with Gasteiger partial charge in [0.25, 0.3) is 0 Å². The zero-order valence-corrected chi connectivity index (χ0v) is 5.11. The summed E-state index contributed by atoms with van der Waals surface area (Å²) in [5.74, 6) is 0. The Kier molecular flexibility index (Phi) is 9.74. The standard InChI is InChI=1S/F4Ge.2H2O/c1-5(2,3)4;;/h;2*1H2. The Morgan fingerprint density at radius 1 is 0.714 bits per heavy atom. The predicted molar refractivity (Wildman–Crippen MR) is 17.4 cm³/mol. The van der Waals surface area contributed by atoms with Gasteiger partial charge in [-0.05, 0) is 0 Å². The molecule has 2 nitrogen and oxygen atoms in total. The fourth-order valence-corrected chi connectivity index (χ4v) is 0. The van der Waals surface area contributed by atoms with Crippen LogP contribution in [-0.2, 0) is 0 Å². The zero-order chi connectivity index (χ0) is 4.50. The van der Waals surface area contributed by atoms with E-state index in [2.05, 4.69) is 0 Å². The van der Waals surface area contributed by atoms with Crippen molar-refractivity contribution in [2.75, 3.05) is 0 Å². The van der Waals surface area contributed by atoms with Crippen molar-refractivity contribution in [1.82, 2.24) is 0 Å². The van der Waals surface area contributed by atoms with Crippen molar-refractivity contribution < 1.29 is 25.0 Å². The summed E-state index contributed by atoms with van der Waals surface area (Å²) in [4.78, 5) is 0. The predicted octanol–water partition coefficient (Wildman–Crippen LogP) is -0.349. The number of hydrogen-bond acceptors (Lipinski definition) is 0. The first-order valence-corrected chi connectivity index (χ1v) is 3.93. The van der Waals surface area contributed by atoms with Gasteiger partial charge >= 0.3 is 29.1 Å². The van der Waals surface area contributed by atoms with Crippen molar-refractivity contribution in [2.45, 2.75) is 0 Å². The van der Waals surface area contributed by atoms with Gasteiger partial charge in [-0.2, -0.15) is 0 Å². The molecule has 0 aliphatic rings. The van der Waals surface area contributed by atoms with Gasteiger partial charge in [-0.15, -0.1) is 0 Å². The van der Waals surface area contributed by atoms with Gasteiger partial charge in [-0.25, -0.2) is 0 Å². The molecule has 7 heteroatoms. The molecule has 0 saturated carbocycles. The Hall–Kier alpha value is 0.183. The molecule has 0 atom stereocenters. The van der Waals surface area contributed by atoms with E-state index < -0.39 is 15.1 Å². The van der Waals surface area contributed by atoms with Crippen LogP contribution in [0, 0.1) is 0 Å². The van der Waals surface area contributed by atoms with E-state index in [1.807, 2.05) is 0 Å². The second-order valence-electron chi connectivity index (χ2n) is 0.429. The normalized spacial score (nSPS) is 8.57. The van der Waals surface area contributed by atoms with Crippen molar-refractivity contribution in [3.05, 3.63) is 0 Å². The number of rotatable bonds is 0. The Morgan fingerprint density at radius 3 is 0.714 bits per heavy atom. The summed E-state index contributed by atoms with van der Waals surface area (Å²) in [6, 6.07) is 0. The zero-order valence-electron chi connectivity index (χ0n) is 3.01. The van der Waals surface area contributed by atoms with Gasteiger partial charge in [0.2, 0.25) is 0 Å². The van der Waals surface area contributed by atoms with Gasteiger partial charge in [0.05, 0.1) is 0 Å². The van der Waals surface area contributed by atoms with Gasteiger partial charge < -0.3 is 11.0 Å².